The normalized spacial score (nSPS) is 11.4. The van der Waals surface area contributed by atoms with Crippen LogP contribution >= 0.6 is 0 Å². The van der Waals surface area contributed by atoms with E-state index < -0.39 is 0 Å². The van der Waals surface area contributed by atoms with Crippen molar-refractivity contribution >= 4 is 5.78 Å². The number of hydrogen-bond acceptors (Lipinski definition) is 1. The maximum atomic E-state index is 11.7. The number of ketones is 1. The van der Waals surface area contributed by atoms with Gasteiger partial charge in [-0.15, -0.1) is 0 Å². The number of carbonyl (C=O) groups excluding carboxylic acids is 1. The zero-order valence-electron chi connectivity index (χ0n) is 15.4. The van der Waals surface area contributed by atoms with Gasteiger partial charge in [-0.1, -0.05) is 97.0 Å². The van der Waals surface area contributed by atoms with Crippen molar-refractivity contribution in [3.05, 3.63) is 12.2 Å². The molecule has 0 fully saturated rings. The monoisotopic (exact) mass is 308 g/mol. The Bertz CT molecular complexity index is 255. The van der Waals surface area contributed by atoms with Crippen molar-refractivity contribution in [1.29, 1.82) is 0 Å². The molecule has 1 nitrogen and oxygen atoms in total. The highest BCUT2D eigenvalue weighted by Crippen LogP contribution is 2.10. The third kappa shape index (κ3) is 17.5. The van der Waals surface area contributed by atoms with Crippen molar-refractivity contribution in [3.8, 4) is 0 Å². The summed E-state index contributed by atoms with van der Waals surface area (Å²) in [5, 5.41) is 0. The molecular formula is C21H40O. The summed E-state index contributed by atoms with van der Waals surface area (Å²) in [6.45, 7) is 4.51. The second-order valence-corrected chi connectivity index (χ2v) is 6.65. The molecule has 0 radical (unpaired) electrons. The first kappa shape index (κ1) is 21.4. The highest BCUT2D eigenvalue weighted by Gasteiger charge is 1.97. The van der Waals surface area contributed by atoms with Gasteiger partial charge >= 0.3 is 0 Å². The molecule has 130 valence electrons. The number of allylic oxidation sites excluding steroid dienone is 2. The van der Waals surface area contributed by atoms with E-state index in [-0.39, 0.29) is 0 Å². The quantitative estimate of drug-likeness (QED) is 0.202. The molecule has 0 saturated carbocycles. The first-order chi connectivity index (χ1) is 10.8. The summed E-state index contributed by atoms with van der Waals surface area (Å²) >= 11 is 0. The molecule has 0 aliphatic rings. The van der Waals surface area contributed by atoms with E-state index in [0.29, 0.717) is 5.78 Å². The summed E-state index contributed by atoms with van der Waals surface area (Å²) < 4.78 is 0. The molecule has 0 amide bonds. The van der Waals surface area contributed by atoms with Crippen LogP contribution in [0.3, 0.4) is 0 Å². The molecule has 0 spiro atoms. The summed E-state index contributed by atoms with van der Waals surface area (Å²) in [5.74, 6) is 0.331. The summed E-state index contributed by atoms with van der Waals surface area (Å²) in [5.41, 5.74) is 0. The minimum Gasteiger partial charge on any atom is -0.295 e. The van der Waals surface area contributed by atoms with Gasteiger partial charge in [0.2, 0.25) is 0 Å². The fraction of sp³-hybridized carbons (Fsp3) is 0.857. The summed E-state index contributed by atoms with van der Waals surface area (Å²) in [6.07, 6.45) is 24.1. The molecule has 0 heterocycles. The molecule has 0 aromatic heterocycles. The molecule has 0 aliphatic heterocycles. The van der Waals surface area contributed by atoms with E-state index in [0.717, 1.165) is 19.3 Å². The van der Waals surface area contributed by atoms with Gasteiger partial charge in [0.15, 0.2) is 5.78 Å². The van der Waals surface area contributed by atoms with Crippen LogP contribution in [0.15, 0.2) is 12.2 Å². The van der Waals surface area contributed by atoms with Crippen molar-refractivity contribution in [2.75, 3.05) is 0 Å². The third-order valence-corrected chi connectivity index (χ3v) is 4.30. The molecule has 0 aromatic carbocycles. The number of carbonyl (C=O) groups is 1. The maximum Gasteiger partial charge on any atom is 0.155 e. The Morgan fingerprint density at radius 2 is 1.09 bits per heavy atom. The predicted molar refractivity (Wildman–Crippen MR) is 99.4 cm³/mol. The van der Waals surface area contributed by atoms with Crippen molar-refractivity contribution in [2.24, 2.45) is 0 Å². The highest BCUT2D eigenvalue weighted by molar-refractivity contribution is 5.89. The smallest absolute Gasteiger partial charge is 0.155 e. The molecule has 0 atom stereocenters. The Morgan fingerprint density at radius 3 is 1.64 bits per heavy atom. The minimum atomic E-state index is 0.331. The van der Waals surface area contributed by atoms with Gasteiger partial charge in [0.1, 0.15) is 0 Å². The molecule has 0 aliphatic carbocycles. The van der Waals surface area contributed by atoms with Gasteiger partial charge in [0.05, 0.1) is 0 Å². The van der Waals surface area contributed by atoms with Crippen molar-refractivity contribution in [1.82, 2.24) is 0 Å². The summed E-state index contributed by atoms with van der Waals surface area (Å²) in [7, 11) is 0. The van der Waals surface area contributed by atoms with E-state index in [2.05, 4.69) is 19.9 Å². The Hall–Kier alpha value is -0.590. The Balaban J connectivity index is 3.26. The van der Waals surface area contributed by atoms with Gasteiger partial charge in [0, 0.05) is 6.42 Å². The first-order valence-electron chi connectivity index (χ1n) is 10.0. The molecule has 22 heavy (non-hydrogen) atoms. The highest BCUT2D eigenvalue weighted by atomic mass is 16.1. The molecule has 0 unspecified atom stereocenters. The Kier molecular flexibility index (Phi) is 18.0. The van der Waals surface area contributed by atoms with Gasteiger partial charge in [-0.3, -0.25) is 4.79 Å². The summed E-state index contributed by atoms with van der Waals surface area (Å²) in [4.78, 5) is 11.7. The largest absolute Gasteiger partial charge is 0.295 e. The van der Waals surface area contributed by atoms with Crippen molar-refractivity contribution in [2.45, 2.75) is 117 Å². The lowest BCUT2D eigenvalue weighted by Gasteiger charge is -2.00. The SMILES string of the molecule is CCCCCCCC/C=C\C(=O)CCCCCCCCCC. The Morgan fingerprint density at radius 1 is 0.636 bits per heavy atom. The fourth-order valence-corrected chi connectivity index (χ4v) is 2.77. The average Bonchev–Trinajstić information content (AvgIpc) is 2.52. The van der Waals surface area contributed by atoms with Crippen LogP contribution in [0.5, 0.6) is 0 Å². The van der Waals surface area contributed by atoms with Crippen molar-refractivity contribution < 1.29 is 4.79 Å². The molecule has 1 heteroatoms. The van der Waals surface area contributed by atoms with E-state index in [1.165, 1.54) is 83.5 Å². The topological polar surface area (TPSA) is 17.1 Å². The third-order valence-electron chi connectivity index (χ3n) is 4.30. The van der Waals surface area contributed by atoms with Crippen LogP contribution in [-0.2, 0) is 4.79 Å². The van der Waals surface area contributed by atoms with Gasteiger partial charge in [0.25, 0.3) is 0 Å². The molecule has 0 rings (SSSR count). The lowest BCUT2D eigenvalue weighted by molar-refractivity contribution is -0.114. The average molecular weight is 309 g/mol. The number of hydrogen-bond donors (Lipinski definition) is 0. The number of unbranched alkanes of at least 4 members (excludes halogenated alkanes) is 13. The van der Waals surface area contributed by atoms with Crippen LogP contribution in [-0.4, -0.2) is 5.78 Å². The van der Waals surface area contributed by atoms with E-state index in [1.807, 2.05) is 6.08 Å². The molecule has 0 saturated heterocycles. The van der Waals surface area contributed by atoms with E-state index in [9.17, 15) is 4.79 Å². The predicted octanol–water partition coefficient (Wildman–Crippen LogP) is 7.39. The van der Waals surface area contributed by atoms with Crippen LogP contribution < -0.4 is 0 Å². The zero-order valence-corrected chi connectivity index (χ0v) is 15.4. The maximum absolute atomic E-state index is 11.7. The zero-order chi connectivity index (χ0) is 16.3. The molecule has 0 aromatic rings. The molecule has 0 bridgehead atoms. The summed E-state index contributed by atoms with van der Waals surface area (Å²) in [6, 6.07) is 0. The van der Waals surface area contributed by atoms with Crippen LogP contribution in [0.4, 0.5) is 0 Å². The van der Waals surface area contributed by atoms with Crippen LogP contribution in [0.2, 0.25) is 0 Å². The van der Waals surface area contributed by atoms with Crippen LogP contribution in [0.1, 0.15) is 117 Å². The Labute approximate surface area is 140 Å². The second-order valence-electron chi connectivity index (χ2n) is 6.65. The van der Waals surface area contributed by atoms with E-state index >= 15 is 0 Å². The van der Waals surface area contributed by atoms with E-state index in [1.54, 1.807) is 0 Å². The van der Waals surface area contributed by atoms with Gasteiger partial charge < -0.3 is 0 Å². The second kappa shape index (κ2) is 18.5. The number of rotatable bonds is 17. The van der Waals surface area contributed by atoms with Gasteiger partial charge in [-0.05, 0) is 25.3 Å². The minimum absolute atomic E-state index is 0.331. The first-order valence-corrected chi connectivity index (χ1v) is 10.0. The van der Waals surface area contributed by atoms with Gasteiger partial charge in [-0.25, -0.2) is 0 Å². The lowest BCUT2D eigenvalue weighted by atomic mass is 10.1. The van der Waals surface area contributed by atoms with Gasteiger partial charge in [-0.2, -0.15) is 0 Å². The lowest BCUT2D eigenvalue weighted by Crippen LogP contribution is -1.92. The molecule has 0 N–H and O–H groups in total. The fourth-order valence-electron chi connectivity index (χ4n) is 2.77. The van der Waals surface area contributed by atoms with E-state index in [4.69, 9.17) is 0 Å². The van der Waals surface area contributed by atoms with Crippen LogP contribution in [0, 0.1) is 0 Å². The standard InChI is InChI=1S/C21H40O/c1-3-5-7-9-11-13-15-17-19-21(22)20-18-16-14-12-10-8-6-4-2/h17,19H,3-16,18,20H2,1-2H3/b19-17-. The molecular weight excluding hydrogens is 268 g/mol. The van der Waals surface area contributed by atoms with Crippen LogP contribution in [0.25, 0.3) is 0 Å². The van der Waals surface area contributed by atoms with Crippen molar-refractivity contribution in [3.63, 3.8) is 0 Å².